The van der Waals surface area contributed by atoms with Gasteiger partial charge in [-0.25, -0.2) is 4.79 Å². The number of carboxylic acid groups (broad SMARTS) is 1. The Morgan fingerprint density at radius 2 is 2.00 bits per heavy atom. The quantitative estimate of drug-likeness (QED) is 0.819. The first-order valence-corrected chi connectivity index (χ1v) is 8.15. The van der Waals surface area contributed by atoms with Crippen molar-refractivity contribution in [2.45, 2.75) is 42.5 Å². The van der Waals surface area contributed by atoms with Crippen molar-refractivity contribution in [3.05, 3.63) is 35.9 Å². The average Bonchev–Trinajstić information content (AvgIpc) is 2.68. The fraction of sp³-hybridized carbons (Fsp3) is 0.500. The number of benzene rings is 1. The summed E-state index contributed by atoms with van der Waals surface area (Å²) < 4.78 is -0.548. The van der Waals surface area contributed by atoms with E-state index >= 15 is 0 Å². The minimum atomic E-state index is -0.982. The molecule has 118 valence electrons. The van der Waals surface area contributed by atoms with Gasteiger partial charge in [-0.15, -0.1) is 11.8 Å². The third-order valence-electron chi connectivity index (χ3n) is 4.42. The Hall–Kier alpha value is -1.53. The molecule has 1 aromatic rings. The number of aliphatic carboxylic acids is 1. The van der Waals surface area contributed by atoms with Crippen LogP contribution in [0.4, 0.5) is 0 Å². The highest BCUT2D eigenvalue weighted by Gasteiger charge is 2.65. The van der Waals surface area contributed by atoms with Crippen LogP contribution in [0.3, 0.4) is 0 Å². The maximum Gasteiger partial charge on any atom is 0.327 e. The van der Waals surface area contributed by atoms with Gasteiger partial charge in [0.15, 0.2) is 0 Å². The molecule has 0 radical (unpaired) electrons. The molecule has 1 unspecified atom stereocenters. The van der Waals surface area contributed by atoms with Crippen LogP contribution >= 0.6 is 11.8 Å². The lowest BCUT2D eigenvalue weighted by atomic mass is 9.85. The second kappa shape index (κ2) is 5.28. The van der Waals surface area contributed by atoms with Crippen molar-refractivity contribution in [3.63, 3.8) is 0 Å². The molecule has 2 fully saturated rings. The van der Waals surface area contributed by atoms with Gasteiger partial charge < -0.3 is 15.1 Å². The molecular formula is C16H19NO4S. The first-order valence-electron chi connectivity index (χ1n) is 7.28. The number of fused-ring (bicyclic) bond motifs is 1. The largest absolute Gasteiger partial charge is 0.480 e. The number of aliphatic hydroxyl groups excluding tert-OH is 1. The number of amides is 1. The van der Waals surface area contributed by atoms with E-state index in [9.17, 15) is 19.8 Å². The van der Waals surface area contributed by atoms with Crippen LogP contribution in [-0.4, -0.2) is 49.3 Å². The minimum absolute atomic E-state index is 0.248. The molecule has 2 aliphatic heterocycles. The molecule has 2 aliphatic rings. The van der Waals surface area contributed by atoms with Crippen molar-refractivity contribution in [2.24, 2.45) is 5.92 Å². The molecule has 1 aromatic carbocycles. The zero-order valence-electron chi connectivity index (χ0n) is 12.5. The average molecular weight is 321 g/mol. The number of thioether (sulfide) groups is 1. The van der Waals surface area contributed by atoms with Gasteiger partial charge in [0.1, 0.15) is 6.04 Å². The Morgan fingerprint density at radius 3 is 2.59 bits per heavy atom. The lowest BCUT2D eigenvalue weighted by Crippen LogP contribution is -2.65. The number of carbonyl (C=O) groups is 2. The van der Waals surface area contributed by atoms with E-state index in [0.29, 0.717) is 6.42 Å². The Bertz CT molecular complexity index is 603. The van der Waals surface area contributed by atoms with Crippen LogP contribution in [-0.2, 0) is 16.0 Å². The van der Waals surface area contributed by atoms with E-state index in [2.05, 4.69) is 0 Å². The van der Waals surface area contributed by atoms with Crippen LogP contribution in [0, 0.1) is 5.92 Å². The van der Waals surface area contributed by atoms with Crippen molar-refractivity contribution < 1.29 is 19.8 Å². The Morgan fingerprint density at radius 1 is 1.36 bits per heavy atom. The first kappa shape index (κ1) is 15.4. The topological polar surface area (TPSA) is 77.8 Å². The molecule has 0 bridgehead atoms. The van der Waals surface area contributed by atoms with E-state index in [0.717, 1.165) is 5.56 Å². The van der Waals surface area contributed by atoms with Gasteiger partial charge in [-0.2, -0.15) is 0 Å². The summed E-state index contributed by atoms with van der Waals surface area (Å²) in [5.41, 5.74) is 0.971. The maximum absolute atomic E-state index is 12.4. The van der Waals surface area contributed by atoms with Gasteiger partial charge >= 0.3 is 5.97 Å². The number of rotatable bonds is 4. The third-order valence-corrected chi connectivity index (χ3v) is 6.01. The predicted molar refractivity (Wildman–Crippen MR) is 83.4 cm³/mol. The first-order chi connectivity index (χ1) is 10.3. The Kier molecular flexibility index (Phi) is 3.69. The van der Waals surface area contributed by atoms with Gasteiger partial charge in [0, 0.05) is 4.75 Å². The molecule has 1 amide bonds. The zero-order chi connectivity index (χ0) is 16.1. The van der Waals surface area contributed by atoms with E-state index in [4.69, 9.17) is 0 Å². The highest BCUT2D eigenvalue weighted by atomic mass is 32.2. The molecule has 3 rings (SSSR count). The summed E-state index contributed by atoms with van der Waals surface area (Å²) in [6.45, 7) is 3.67. The van der Waals surface area contributed by atoms with Gasteiger partial charge in [0.05, 0.1) is 17.4 Å². The monoisotopic (exact) mass is 321 g/mol. The van der Waals surface area contributed by atoms with Crippen LogP contribution in [0.5, 0.6) is 0 Å². The highest BCUT2D eigenvalue weighted by Crippen LogP contribution is 2.54. The lowest BCUT2D eigenvalue weighted by molar-refractivity contribution is -0.168. The fourth-order valence-electron chi connectivity index (χ4n) is 3.38. The van der Waals surface area contributed by atoms with Gasteiger partial charge in [0.2, 0.25) is 5.91 Å². The van der Waals surface area contributed by atoms with Crippen molar-refractivity contribution in [1.82, 2.24) is 4.90 Å². The molecule has 22 heavy (non-hydrogen) atoms. The predicted octanol–water partition coefficient (Wildman–Crippen LogP) is 1.35. The van der Waals surface area contributed by atoms with Crippen LogP contribution in [0.1, 0.15) is 19.4 Å². The van der Waals surface area contributed by atoms with Gasteiger partial charge in [-0.05, 0) is 25.8 Å². The van der Waals surface area contributed by atoms with Gasteiger partial charge in [0.25, 0.3) is 0 Å². The summed E-state index contributed by atoms with van der Waals surface area (Å²) in [6.07, 6.45) is -0.382. The SMILES string of the molecule is CC1(C)S[C@@H]2[C@H](C(O)Cc3ccccc3)C(=O)N2[C@H]1C(=O)O. The van der Waals surface area contributed by atoms with Crippen LogP contribution in [0.15, 0.2) is 30.3 Å². The van der Waals surface area contributed by atoms with Crippen molar-refractivity contribution in [3.8, 4) is 0 Å². The van der Waals surface area contributed by atoms with Crippen LogP contribution in [0.2, 0.25) is 0 Å². The molecule has 2 heterocycles. The summed E-state index contributed by atoms with van der Waals surface area (Å²) in [6, 6.07) is 8.69. The van der Waals surface area contributed by atoms with Crippen LogP contribution in [0.25, 0.3) is 0 Å². The number of hydrogen-bond donors (Lipinski definition) is 2. The maximum atomic E-state index is 12.4. The van der Waals surface area contributed by atoms with E-state index in [1.807, 2.05) is 44.2 Å². The molecule has 2 N–H and O–H groups in total. The van der Waals surface area contributed by atoms with E-state index in [1.165, 1.54) is 16.7 Å². The lowest BCUT2D eigenvalue weighted by Gasteiger charge is -2.45. The molecule has 0 aliphatic carbocycles. The van der Waals surface area contributed by atoms with Crippen molar-refractivity contribution in [1.29, 1.82) is 0 Å². The molecule has 0 saturated carbocycles. The highest BCUT2D eigenvalue weighted by molar-refractivity contribution is 8.01. The number of nitrogens with zero attached hydrogens (tertiary/aromatic N) is 1. The number of carbonyl (C=O) groups excluding carboxylic acids is 1. The number of hydrogen-bond acceptors (Lipinski definition) is 4. The molecule has 0 spiro atoms. The summed E-state index contributed by atoms with van der Waals surface area (Å²) in [7, 11) is 0. The molecular weight excluding hydrogens is 302 g/mol. The smallest absolute Gasteiger partial charge is 0.327 e. The minimum Gasteiger partial charge on any atom is -0.480 e. The summed E-state index contributed by atoms with van der Waals surface area (Å²) in [5.74, 6) is -1.75. The normalized spacial score (nSPS) is 30.6. The van der Waals surface area contributed by atoms with Gasteiger partial charge in [-0.1, -0.05) is 30.3 Å². The molecule has 0 aromatic heterocycles. The van der Waals surface area contributed by atoms with E-state index in [-0.39, 0.29) is 11.3 Å². The Balaban J connectivity index is 1.76. The summed E-state index contributed by atoms with van der Waals surface area (Å²) in [4.78, 5) is 25.2. The zero-order valence-corrected chi connectivity index (χ0v) is 13.3. The second-order valence-electron chi connectivity index (χ2n) is 6.38. The number of aliphatic hydroxyl groups is 1. The van der Waals surface area contributed by atoms with Gasteiger partial charge in [-0.3, -0.25) is 4.79 Å². The van der Waals surface area contributed by atoms with Crippen molar-refractivity contribution in [2.75, 3.05) is 0 Å². The fourth-order valence-corrected chi connectivity index (χ4v) is 5.13. The molecule has 2 saturated heterocycles. The summed E-state index contributed by atoms with van der Waals surface area (Å²) in [5, 5.41) is 19.6. The third kappa shape index (κ3) is 2.30. The molecule has 5 nitrogen and oxygen atoms in total. The number of β-lactam (4-membered cyclic amide) rings is 1. The Labute approximate surface area is 133 Å². The molecule has 4 atom stereocenters. The molecule has 6 heteroatoms. The van der Waals surface area contributed by atoms with E-state index < -0.39 is 28.8 Å². The van der Waals surface area contributed by atoms with Crippen molar-refractivity contribution >= 4 is 23.6 Å². The second-order valence-corrected chi connectivity index (χ2v) is 8.15. The van der Waals surface area contributed by atoms with E-state index in [1.54, 1.807) is 0 Å². The van der Waals surface area contributed by atoms with Crippen LogP contribution < -0.4 is 0 Å². The standard InChI is InChI=1S/C16H19NO4S/c1-16(2)12(15(20)21)17-13(19)11(14(17)22-16)10(18)8-9-6-4-3-5-7-9/h3-7,10-12,14,18H,8H2,1-2H3,(H,20,21)/t10?,11-,12+,14-/m1/s1. The summed E-state index contributed by atoms with van der Waals surface area (Å²) >= 11 is 1.47. The number of carboxylic acids is 1.